The normalized spacial score (nSPS) is 11.9. The number of nitrogens with zero attached hydrogens (tertiary/aromatic N) is 1. The molecule has 6 rings (SSSR count). The van der Waals surface area contributed by atoms with Crippen LogP contribution in [-0.2, 0) is 6.54 Å². The predicted octanol–water partition coefficient (Wildman–Crippen LogP) is 9.41. The van der Waals surface area contributed by atoms with Gasteiger partial charge in [0.15, 0.2) is 0 Å². The summed E-state index contributed by atoms with van der Waals surface area (Å²) in [7, 11) is 0. The Labute approximate surface area is 219 Å². The van der Waals surface area contributed by atoms with E-state index in [9.17, 15) is 0 Å². The quantitative estimate of drug-likeness (QED) is 0.240. The zero-order chi connectivity index (χ0) is 25.0. The predicted molar refractivity (Wildman–Crippen MR) is 159 cm³/mol. The van der Waals surface area contributed by atoms with Crippen molar-refractivity contribution in [1.29, 1.82) is 0 Å². The van der Waals surface area contributed by atoms with Crippen molar-refractivity contribution in [2.75, 3.05) is 4.90 Å². The Morgan fingerprint density at radius 2 is 1.05 bits per heavy atom. The van der Waals surface area contributed by atoms with Gasteiger partial charge in [-0.15, -0.1) is 0 Å². The third-order valence-electron chi connectivity index (χ3n) is 6.99. The molecule has 5 aromatic rings. The van der Waals surface area contributed by atoms with E-state index in [4.69, 9.17) is 0 Å². The van der Waals surface area contributed by atoms with Crippen LogP contribution in [0, 0.1) is 6.92 Å². The fourth-order valence-electron chi connectivity index (χ4n) is 4.99. The molecule has 0 aromatic heterocycles. The largest absolute Gasteiger partial charge is 0.337 e. The Kier molecular flexibility index (Phi) is 6.27. The van der Waals surface area contributed by atoms with E-state index >= 15 is 0 Å². The molecule has 0 unspecified atom stereocenters. The van der Waals surface area contributed by atoms with E-state index in [2.05, 4.69) is 157 Å². The first-order valence-corrected chi connectivity index (χ1v) is 12.8. The van der Waals surface area contributed by atoms with E-state index in [1.54, 1.807) is 0 Å². The summed E-state index contributed by atoms with van der Waals surface area (Å²) in [5, 5.41) is 0. The highest BCUT2D eigenvalue weighted by molar-refractivity contribution is 6.00. The topological polar surface area (TPSA) is 3.24 Å². The molecule has 0 N–H and O–H groups in total. The van der Waals surface area contributed by atoms with Gasteiger partial charge in [0.2, 0.25) is 0 Å². The molecular weight excluding hydrogens is 446 g/mol. The molecule has 1 heteroatoms. The van der Waals surface area contributed by atoms with Gasteiger partial charge in [0, 0.05) is 17.9 Å². The van der Waals surface area contributed by atoms with Crippen LogP contribution in [0.3, 0.4) is 0 Å². The van der Waals surface area contributed by atoms with E-state index in [0.717, 1.165) is 6.54 Å². The molecular formula is C36H29N. The lowest BCUT2D eigenvalue weighted by Crippen LogP contribution is -2.16. The molecule has 5 aromatic carbocycles. The highest BCUT2D eigenvalue weighted by atomic mass is 15.1. The van der Waals surface area contributed by atoms with E-state index in [0.29, 0.717) is 0 Å². The molecule has 37 heavy (non-hydrogen) atoms. The van der Waals surface area contributed by atoms with Crippen LogP contribution in [0.15, 0.2) is 127 Å². The smallest absolute Gasteiger partial charge is 0.0481 e. The minimum Gasteiger partial charge on any atom is -0.337 e. The first-order valence-electron chi connectivity index (χ1n) is 12.8. The van der Waals surface area contributed by atoms with Crippen LogP contribution in [0.5, 0.6) is 0 Å². The summed E-state index contributed by atoms with van der Waals surface area (Å²) in [5.74, 6) is 0. The lowest BCUT2D eigenvalue weighted by Gasteiger charge is -2.25. The maximum Gasteiger partial charge on any atom is 0.0481 e. The summed E-state index contributed by atoms with van der Waals surface area (Å²) >= 11 is 0. The van der Waals surface area contributed by atoms with Crippen LogP contribution in [0.25, 0.3) is 23.8 Å². The van der Waals surface area contributed by atoms with Crippen LogP contribution >= 0.6 is 0 Å². The average Bonchev–Trinajstić information content (AvgIpc) is 3.11. The van der Waals surface area contributed by atoms with Gasteiger partial charge in [-0.2, -0.15) is 0 Å². The van der Waals surface area contributed by atoms with Gasteiger partial charge >= 0.3 is 0 Å². The van der Waals surface area contributed by atoms with Crippen molar-refractivity contribution in [2.45, 2.75) is 13.5 Å². The molecule has 0 bridgehead atoms. The molecule has 0 saturated carbocycles. The van der Waals surface area contributed by atoms with Crippen LogP contribution < -0.4 is 4.90 Å². The van der Waals surface area contributed by atoms with E-state index in [1.165, 1.54) is 55.9 Å². The van der Waals surface area contributed by atoms with Gasteiger partial charge in [0.1, 0.15) is 0 Å². The Balaban J connectivity index is 1.39. The van der Waals surface area contributed by atoms with Crippen LogP contribution in [-0.4, -0.2) is 0 Å². The van der Waals surface area contributed by atoms with Crippen LogP contribution in [0.4, 0.5) is 11.4 Å². The molecule has 1 nitrogen and oxygen atoms in total. The highest BCUT2D eigenvalue weighted by Gasteiger charge is 2.15. The molecule has 0 radical (unpaired) electrons. The minimum absolute atomic E-state index is 0.816. The second kappa shape index (κ2) is 10.2. The maximum absolute atomic E-state index is 2.38. The van der Waals surface area contributed by atoms with Crippen molar-refractivity contribution >= 4 is 35.2 Å². The van der Waals surface area contributed by atoms with E-state index < -0.39 is 0 Å². The molecule has 0 saturated heterocycles. The number of hydrogen-bond donors (Lipinski definition) is 0. The summed E-state index contributed by atoms with van der Waals surface area (Å²) < 4.78 is 0. The monoisotopic (exact) mass is 475 g/mol. The second-order valence-electron chi connectivity index (χ2n) is 9.56. The van der Waals surface area contributed by atoms with E-state index in [-0.39, 0.29) is 0 Å². The van der Waals surface area contributed by atoms with E-state index in [1.807, 2.05) is 0 Å². The number of aryl methyl sites for hydroxylation is 1. The molecule has 0 fully saturated rings. The number of fused-ring (bicyclic) bond motifs is 2. The third kappa shape index (κ3) is 4.90. The van der Waals surface area contributed by atoms with Gasteiger partial charge in [-0.05, 0) is 76.2 Å². The highest BCUT2D eigenvalue weighted by Crippen LogP contribution is 2.36. The lowest BCUT2D eigenvalue weighted by atomic mass is 9.92. The summed E-state index contributed by atoms with van der Waals surface area (Å²) in [6.07, 6.45) is 6.77. The summed E-state index contributed by atoms with van der Waals surface area (Å²) in [4.78, 5) is 2.38. The van der Waals surface area contributed by atoms with Gasteiger partial charge in [0.25, 0.3) is 0 Å². The Bertz CT molecular complexity index is 1520. The average molecular weight is 476 g/mol. The van der Waals surface area contributed by atoms with Crippen molar-refractivity contribution in [3.05, 3.63) is 166 Å². The third-order valence-corrected chi connectivity index (χ3v) is 6.99. The first-order chi connectivity index (χ1) is 18.2. The number of rotatable bonds is 5. The molecule has 1 aliphatic rings. The van der Waals surface area contributed by atoms with Gasteiger partial charge in [-0.3, -0.25) is 0 Å². The lowest BCUT2D eigenvalue weighted by molar-refractivity contribution is 0.975. The van der Waals surface area contributed by atoms with Crippen molar-refractivity contribution in [3.8, 4) is 0 Å². The Hall–Kier alpha value is -4.62. The standard InChI is InChI=1S/C36H29N/c1-27-15-21-32(22-16-27)37(26-29-9-3-2-4-10-29)33-23-17-28(18-24-33)25-36-34-13-7-5-11-30(34)19-20-31-12-6-8-14-35(31)36/h2-25H,26H2,1H3. The number of hydrogen-bond acceptors (Lipinski definition) is 1. The van der Waals surface area contributed by atoms with Gasteiger partial charge in [0.05, 0.1) is 0 Å². The maximum atomic E-state index is 2.38. The number of benzene rings is 5. The summed E-state index contributed by atoms with van der Waals surface area (Å²) in [6.45, 7) is 2.95. The van der Waals surface area contributed by atoms with Crippen LogP contribution in [0.1, 0.15) is 38.9 Å². The zero-order valence-electron chi connectivity index (χ0n) is 21.0. The van der Waals surface area contributed by atoms with Gasteiger partial charge in [-0.1, -0.05) is 121 Å². The van der Waals surface area contributed by atoms with Gasteiger partial charge < -0.3 is 4.90 Å². The summed E-state index contributed by atoms with van der Waals surface area (Å²) in [6, 6.07) is 45.7. The zero-order valence-corrected chi connectivity index (χ0v) is 21.0. The molecule has 0 amide bonds. The van der Waals surface area contributed by atoms with Crippen molar-refractivity contribution in [2.24, 2.45) is 0 Å². The molecule has 0 heterocycles. The van der Waals surface area contributed by atoms with Crippen LogP contribution in [0.2, 0.25) is 0 Å². The molecule has 178 valence electrons. The fourth-order valence-corrected chi connectivity index (χ4v) is 4.99. The Morgan fingerprint density at radius 3 is 1.65 bits per heavy atom. The van der Waals surface area contributed by atoms with Gasteiger partial charge in [-0.25, -0.2) is 0 Å². The molecule has 1 aliphatic carbocycles. The number of anilines is 2. The summed E-state index contributed by atoms with van der Waals surface area (Å²) in [5.41, 5.74) is 12.4. The molecule has 0 spiro atoms. The molecule has 0 aliphatic heterocycles. The Morgan fingerprint density at radius 1 is 0.541 bits per heavy atom. The SMILES string of the molecule is Cc1ccc(N(Cc2ccccc2)c2ccc(C=C3c4ccccc4C=Cc4ccccc43)cc2)cc1. The molecule has 0 atom stereocenters. The fraction of sp³-hybridized carbons (Fsp3) is 0.0556. The second-order valence-corrected chi connectivity index (χ2v) is 9.56. The first kappa shape index (κ1) is 22.8. The van der Waals surface area contributed by atoms with Crippen molar-refractivity contribution < 1.29 is 0 Å². The van der Waals surface area contributed by atoms with Crippen molar-refractivity contribution in [1.82, 2.24) is 0 Å². The minimum atomic E-state index is 0.816. The van der Waals surface area contributed by atoms with Crippen molar-refractivity contribution in [3.63, 3.8) is 0 Å².